The molecule has 68 heavy (non-hydrogen) atoms. The van der Waals surface area contributed by atoms with Gasteiger partial charge in [-0.2, -0.15) is 0 Å². The van der Waals surface area contributed by atoms with Crippen LogP contribution in [0.15, 0.2) is 36.8 Å². The highest BCUT2D eigenvalue weighted by atomic mass is 15.3. The van der Waals surface area contributed by atoms with Gasteiger partial charge in [0.15, 0.2) is 0 Å². The number of nitrogens with zero attached hydrogens (tertiary/aromatic N) is 1. The monoisotopic (exact) mass is 951 g/mol. The topological polar surface area (TPSA) is 0 Å². The maximum atomic E-state index is 2.49. The average molecular weight is 952 g/mol. The third-order valence-corrected chi connectivity index (χ3v) is 15.5. The van der Waals surface area contributed by atoms with Gasteiger partial charge in [0.2, 0.25) is 0 Å². The van der Waals surface area contributed by atoms with Crippen LogP contribution >= 0.6 is 0 Å². The first kappa shape index (κ1) is 67.2. The zero-order valence-electron chi connectivity index (χ0n) is 48.2. The Labute approximate surface area is 433 Å². The first-order chi connectivity index (χ1) is 33.7. The number of unbranched alkanes of at least 4 members (excludes halogenated alkanes) is 54. The van der Waals surface area contributed by atoms with Gasteiger partial charge in [-0.1, -0.05) is 348 Å². The predicted octanol–water partition coefficient (Wildman–Crippen LogP) is 25.3. The first-order valence-corrected chi connectivity index (χ1v) is 32.6. The molecule has 0 atom stereocenters. The summed E-state index contributed by atoms with van der Waals surface area (Å²) in [5.74, 6) is 0. The van der Waals surface area contributed by atoms with E-state index in [1.807, 2.05) is 0 Å². The molecule has 0 rings (SSSR count). The summed E-state index contributed by atoms with van der Waals surface area (Å²) >= 11 is 0. The highest BCUT2D eigenvalue weighted by Gasteiger charge is 2.10. The van der Waals surface area contributed by atoms with Crippen LogP contribution in [0.5, 0.6) is 0 Å². The van der Waals surface area contributed by atoms with E-state index in [1.165, 1.54) is 366 Å². The van der Waals surface area contributed by atoms with Gasteiger partial charge in [0, 0.05) is 0 Å². The number of rotatable bonds is 60. The largest absolute Gasteiger partial charge is 0.248 e. The Morgan fingerprint density at radius 1 is 0.176 bits per heavy atom. The van der Waals surface area contributed by atoms with Crippen LogP contribution in [0.3, 0.4) is 0 Å². The van der Waals surface area contributed by atoms with E-state index in [0.717, 1.165) is 4.48 Å². The molecule has 0 aliphatic heterocycles. The second-order valence-electron chi connectivity index (χ2n) is 22.8. The number of hydrogen-bond donors (Lipinski definition) is 0. The maximum absolute atomic E-state index is 2.49. The molecule has 0 saturated heterocycles. The van der Waals surface area contributed by atoms with Crippen LogP contribution in [-0.4, -0.2) is 11.5 Å². The number of quaternary nitrogens is 1. The lowest BCUT2D eigenvalue weighted by molar-refractivity contribution is -0.750. The Balaban J connectivity index is 4.26. The van der Waals surface area contributed by atoms with Gasteiger partial charge in [0.1, 0.15) is 18.6 Å². The second-order valence-corrected chi connectivity index (χ2v) is 22.8. The number of hydrogen-bond acceptors (Lipinski definition) is 0. The molecular weight excluding hydrogens is 819 g/mol. The minimum Gasteiger partial charge on any atom is -0.248 e. The van der Waals surface area contributed by atoms with Crippen molar-refractivity contribution in [3.05, 3.63) is 36.8 Å². The van der Waals surface area contributed by atoms with Gasteiger partial charge in [-0.05, 0) is 56.8 Å². The molecule has 0 amide bonds. The lowest BCUT2D eigenvalue weighted by Gasteiger charge is -2.20. The normalized spacial score (nSPS) is 13.1. The molecule has 1 nitrogen and oxygen atoms in total. The summed E-state index contributed by atoms with van der Waals surface area (Å²) in [6.07, 6.45) is 96.8. The molecule has 0 aromatic heterocycles. The summed E-state index contributed by atoms with van der Waals surface area (Å²) in [5.41, 5.74) is 0. The SMILES string of the molecule is CCCCCCCCCCCCCCCCCCCCC=C[N+](C)(C=CCCCCCCCCCCCCCCCCCCCC)C=CCCCCCCCCCCCCCCCCCCCC. The molecule has 0 heterocycles. The summed E-state index contributed by atoms with van der Waals surface area (Å²) in [5, 5.41) is 0. The van der Waals surface area contributed by atoms with E-state index >= 15 is 0 Å². The van der Waals surface area contributed by atoms with E-state index in [0.29, 0.717) is 0 Å². The van der Waals surface area contributed by atoms with Crippen LogP contribution in [0.2, 0.25) is 0 Å². The third-order valence-electron chi connectivity index (χ3n) is 15.5. The van der Waals surface area contributed by atoms with Crippen molar-refractivity contribution in [3.63, 3.8) is 0 Å². The highest BCUT2D eigenvalue weighted by molar-refractivity contribution is 4.88. The fourth-order valence-electron chi connectivity index (χ4n) is 10.5. The summed E-state index contributed by atoms with van der Waals surface area (Å²) in [7, 11) is 2.39. The molecule has 0 fully saturated rings. The minimum absolute atomic E-state index is 0.830. The van der Waals surface area contributed by atoms with Crippen LogP contribution in [-0.2, 0) is 0 Å². The van der Waals surface area contributed by atoms with Gasteiger partial charge in [0.05, 0.1) is 7.05 Å². The lowest BCUT2D eigenvalue weighted by atomic mass is 10.0. The molecule has 0 aromatic carbocycles. The van der Waals surface area contributed by atoms with Gasteiger partial charge in [-0.15, -0.1) is 0 Å². The van der Waals surface area contributed by atoms with Crippen molar-refractivity contribution in [2.45, 2.75) is 387 Å². The van der Waals surface area contributed by atoms with Crippen molar-refractivity contribution in [2.75, 3.05) is 7.05 Å². The molecule has 404 valence electrons. The van der Waals surface area contributed by atoms with Crippen LogP contribution in [0.25, 0.3) is 0 Å². The van der Waals surface area contributed by atoms with Crippen molar-refractivity contribution in [3.8, 4) is 0 Å². The van der Waals surface area contributed by atoms with E-state index in [-0.39, 0.29) is 0 Å². The maximum Gasteiger partial charge on any atom is 0.101 e. The summed E-state index contributed by atoms with van der Waals surface area (Å²) < 4.78 is 0.830. The van der Waals surface area contributed by atoms with Crippen LogP contribution < -0.4 is 0 Å². The molecule has 0 aromatic rings. The quantitative estimate of drug-likeness (QED) is 0.0421. The molecule has 0 radical (unpaired) electrons. The van der Waals surface area contributed by atoms with Crippen LogP contribution in [0.1, 0.15) is 387 Å². The molecule has 1 heteroatoms. The van der Waals surface area contributed by atoms with E-state index in [9.17, 15) is 0 Å². The molecule has 0 bridgehead atoms. The third kappa shape index (κ3) is 57.8. The van der Waals surface area contributed by atoms with Crippen molar-refractivity contribution < 1.29 is 4.48 Å². The van der Waals surface area contributed by atoms with Crippen molar-refractivity contribution in [2.24, 2.45) is 0 Å². The Hall–Kier alpha value is -0.820. The standard InChI is InChI=1S/C67H132N/c1-5-8-11-14-17-20-23-26-29-32-35-38-41-44-47-50-53-56-59-62-65-68(4,66-63-60-57-54-51-48-45-42-39-36-33-30-27-24-21-18-15-12-9-6-2)67-64-61-58-55-52-49-46-43-40-37-34-31-28-25-22-19-16-13-10-7-3/h62-67H,5-61H2,1-4H3/q+1. The van der Waals surface area contributed by atoms with E-state index in [4.69, 9.17) is 0 Å². The summed E-state index contributed by atoms with van der Waals surface area (Å²) in [6, 6.07) is 0. The van der Waals surface area contributed by atoms with Gasteiger partial charge < -0.3 is 0 Å². The van der Waals surface area contributed by atoms with Crippen molar-refractivity contribution in [1.82, 2.24) is 0 Å². The molecule has 0 aliphatic carbocycles. The summed E-state index contributed by atoms with van der Waals surface area (Å²) in [4.78, 5) is 0. The Kier molecular flexibility index (Phi) is 59.8. The second kappa shape index (κ2) is 60.5. The Bertz CT molecular complexity index is 852. The van der Waals surface area contributed by atoms with Gasteiger partial charge in [-0.3, -0.25) is 0 Å². The zero-order chi connectivity index (χ0) is 49.0. The predicted molar refractivity (Wildman–Crippen MR) is 314 cm³/mol. The van der Waals surface area contributed by atoms with E-state index < -0.39 is 0 Å². The first-order valence-electron chi connectivity index (χ1n) is 32.6. The van der Waals surface area contributed by atoms with E-state index in [2.05, 4.69) is 64.6 Å². The van der Waals surface area contributed by atoms with Crippen molar-refractivity contribution >= 4 is 0 Å². The fourth-order valence-corrected chi connectivity index (χ4v) is 10.5. The Morgan fingerprint density at radius 3 is 0.426 bits per heavy atom. The molecule has 0 N–H and O–H groups in total. The van der Waals surface area contributed by atoms with Crippen molar-refractivity contribution in [1.29, 1.82) is 0 Å². The average Bonchev–Trinajstić information content (AvgIpc) is 3.34. The van der Waals surface area contributed by atoms with Gasteiger partial charge in [-0.25, -0.2) is 4.48 Å². The number of allylic oxidation sites excluding steroid dienone is 3. The Morgan fingerprint density at radius 2 is 0.294 bits per heavy atom. The van der Waals surface area contributed by atoms with Gasteiger partial charge >= 0.3 is 0 Å². The fraction of sp³-hybridized carbons (Fsp3) is 0.910. The molecule has 0 spiro atoms. The molecule has 0 saturated carbocycles. The smallest absolute Gasteiger partial charge is 0.101 e. The van der Waals surface area contributed by atoms with E-state index in [1.54, 1.807) is 0 Å². The highest BCUT2D eigenvalue weighted by Crippen LogP contribution is 2.19. The minimum atomic E-state index is 0.830. The molecular formula is C67H132N+. The summed E-state index contributed by atoms with van der Waals surface area (Å²) in [6.45, 7) is 6.95. The zero-order valence-corrected chi connectivity index (χ0v) is 48.2. The lowest BCUT2D eigenvalue weighted by Crippen LogP contribution is -2.24. The van der Waals surface area contributed by atoms with Crippen LogP contribution in [0.4, 0.5) is 0 Å². The van der Waals surface area contributed by atoms with Crippen LogP contribution in [0, 0.1) is 0 Å². The molecule has 0 unspecified atom stereocenters. The molecule has 0 aliphatic rings. The van der Waals surface area contributed by atoms with Gasteiger partial charge in [0.25, 0.3) is 0 Å².